The second kappa shape index (κ2) is 9.69. The summed E-state index contributed by atoms with van der Waals surface area (Å²) in [5.74, 6) is 0.325. The summed E-state index contributed by atoms with van der Waals surface area (Å²) in [5, 5.41) is 5.38. The second-order valence-corrected chi connectivity index (χ2v) is 8.28. The minimum atomic E-state index is -0.167. The van der Waals surface area contributed by atoms with E-state index in [1.54, 1.807) is 24.3 Å². The van der Waals surface area contributed by atoms with Gasteiger partial charge in [0.1, 0.15) is 12.9 Å². The van der Waals surface area contributed by atoms with Crippen LogP contribution in [-0.4, -0.2) is 49.9 Å². The van der Waals surface area contributed by atoms with E-state index in [1.165, 1.54) is 26.0 Å². The Kier molecular flexibility index (Phi) is 7.27. The van der Waals surface area contributed by atoms with Crippen molar-refractivity contribution >= 4 is 34.9 Å². The molecule has 1 atom stereocenters. The molecule has 1 unspecified atom stereocenters. The first-order valence-electron chi connectivity index (χ1n) is 9.40. The Morgan fingerprint density at radius 3 is 2.90 bits per heavy atom. The van der Waals surface area contributed by atoms with Crippen LogP contribution in [0.1, 0.15) is 37.0 Å². The third-order valence-corrected chi connectivity index (χ3v) is 6.43. The van der Waals surface area contributed by atoms with Crippen molar-refractivity contribution in [3.05, 3.63) is 50.5 Å². The Bertz CT molecular complexity index is 875. The lowest BCUT2D eigenvalue weighted by Crippen LogP contribution is -2.28. The van der Waals surface area contributed by atoms with Gasteiger partial charge in [-0.1, -0.05) is 28.5 Å². The quantitative estimate of drug-likeness (QED) is 0.263. The summed E-state index contributed by atoms with van der Waals surface area (Å²) in [5.41, 5.74) is 2.22. The first kappa shape index (κ1) is 21.7. The Hall–Kier alpha value is -1.96. The molecule has 29 heavy (non-hydrogen) atoms. The number of halogens is 1. The predicted molar refractivity (Wildman–Crippen MR) is 117 cm³/mol. The van der Waals surface area contributed by atoms with Crippen LogP contribution in [-0.2, 0) is 9.57 Å². The van der Waals surface area contributed by atoms with Crippen LogP contribution in [0.15, 0.2) is 45.1 Å². The van der Waals surface area contributed by atoms with Crippen LogP contribution in [0, 0.1) is 0 Å². The lowest BCUT2D eigenvalue weighted by Gasteiger charge is -2.24. The number of carbonyl (C=O) groups excluding carboxylic acids is 1. The number of ether oxygens (including phenoxy) is 2. The second-order valence-electron chi connectivity index (χ2n) is 6.81. The molecule has 0 aromatic heterocycles. The zero-order valence-corrected chi connectivity index (χ0v) is 18.6. The number of hydrogen-bond acceptors (Lipinski definition) is 7. The molecule has 0 amide bonds. The number of hydrogen-bond donors (Lipinski definition) is 0. The molecular formula is C21H25ClN2O4S. The number of nitrogens with zero attached hydrogens (tertiary/aromatic N) is 2. The van der Waals surface area contributed by atoms with Crippen molar-refractivity contribution in [1.82, 2.24) is 4.90 Å². The largest absolute Gasteiger partial charge is 0.496 e. The number of methoxy groups -OCH3 is 1. The predicted octanol–water partition coefficient (Wildman–Crippen LogP) is 4.85. The fraction of sp³-hybridized carbons (Fsp3) is 0.429. The zero-order chi connectivity index (χ0) is 21.0. The minimum Gasteiger partial charge on any atom is -0.496 e. The number of carbonyl (C=O) groups is 1. The van der Waals surface area contributed by atoms with Crippen LogP contribution in [0.3, 0.4) is 0 Å². The number of allylic oxidation sites excluding steroid dienone is 3. The fourth-order valence-corrected chi connectivity index (χ4v) is 4.74. The molecule has 2 heterocycles. The van der Waals surface area contributed by atoms with Gasteiger partial charge in [-0.05, 0) is 44.9 Å². The van der Waals surface area contributed by atoms with Gasteiger partial charge >= 0.3 is 0 Å². The first-order chi connectivity index (χ1) is 13.9. The van der Waals surface area contributed by atoms with Gasteiger partial charge in [-0.3, -0.25) is 4.79 Å². The third kappa shape index (κ3) is 4.97. The van der Waals surface area contributed by atoms with E-state index in [2.05, 4.69) is 10.1 Å². The zero-order valence-electron chi connectivity index (χ0n) is 17.0. The maximum atomic E-state index is 13.1. The van der Waals surface area contributed by atoms with Gasteiger partial charge in [0.2, 0.25) is 0 Å². The van der Waals surface area contributed by atoms with Crippen molar-refractivity contribution in [2.45, 2.75) is 32.8 Å². The monoisotopic (exact) mass is 436 g/mol. The van der Waals surface area contributed by atoms with E-state index in [0.29, 0.717) is 22.9 Å². The summed E-state index contributed by atoms with van der Waals surface area (Å²) >= 11 is 7.61. The van der Waals surface area contributed by atoms with Crippen LogP contribution in [0.25, 0.3) is 0 Å². The number of benzene rings is 1. The van der Waals surface area contributed by atoms with Gasteiger partial charge < -0.3 is 19.2 Å². The van der Waals surface area contributed by atoms with E-state index in [9.17, 15) is 4.79 Å². The van der Waals surface area contributed by atoms with Gasteiger partial charge in [0.25, 0.3) is 0 Å². The average Bonchev–Trinajstić information content (AvgIpc) is 3.32. The third-order valence-electron chi connectivity index (χ3n) is 4.85. The van der Waals surface area contributed by atoms with Gasteiger partial charge in [0.15, 0.2) is 5.78 Å². The average molecular weight is 437 g/mol. The smallest absolute Gasteiger partial charge is 0.192 e. The summed E-state index contributed by atoms with van der Waals surface area (Å²) < 4.78 is 11.2. The molecule has 0 aliphatic carbocycles. The van der Waals surface area contributed by atoms with Crippen molar-refractivity contribution in [2.24, 2.45) is 5.16 Å². The van der Waals surface area contributed by atoms with Crippen molar-refractivity contribution in [3.8, 4) is 5.75 Å². The van der Waals surface area contributed by atoms with E-state index in [0.717, 1.165) is 40.8 Å². The minimum absolute atomic E-state index is 0.142. The Morgan fingerprint density at radius 2 is 2.24 bits per heavy atom. The lowest BCUT2D eigenvalue weighted by molar-refractivity contribution is 0.0923. The van der Waals surface area contributed by atoms with Crippen LogP contribution >= 0.6 is 23.4 Å². The SMILES string of the molecule is CO/N=C(\C)C1=C(C)N(CC2CCCO2)/C(=C/C(=O)c2cc(Cl)ccc2OC)S1. The summed E-state index contributed by atoms with van der Waals surface area (Å²) in [6, 6.07) is 5.03. The maximum absolute atomic E-state index is 13.1. The topological polar surface area (TPSA) is 60.4 Å². The molecule has 1 aromatic rings. The van der Waals surface area contributed by atoms with E-state index >= 15 is 0 Å². The van der Waals surface area contributed by atoms with Gasteiger partial charge in [0, 0.05) is 29.9 Å². The first-order valence-corrected chi connectivity index (χ1v) is 10.6. The van der Waals surface area contributed by atoms with Crippen LogP contribution in [0.4, 0.5) is 0 Å². The summed E-state index contributed by atoms with van der Waals surface area (Å²) in [7, 11) is 3.06. The summed E-state index contributed by atoms with van der Waals surface area (Å²) in [6.07, 6.45) is 3.84. The van der Waals surface area contributed by atoms with E-state index in [-0.39, 0.29) is 11.9 Å². The van der Waals surface area contributed by atoms with E-state index in [1.807, 2.05) is 13.8 Å². The highest BCUT2D eigenvalue weighted by molar-refractivity contribution is 8.07. The summed E-state index contributed by atoms with van der Waals surface area (Å²) in [4.78, 5) is 21.1. The molecule has 156 valence electrons. The number of oxime groups is 1. The van der Waals surface area contributed by atoms with E-state index in [4.69, 9.17) is 25.9 Å². The molecule has 2 aliphatic heterocycles. The summed E-state index contributed by atoms with van der Waals surface area (Å²) in [6.45, 7) is 5.39. The molecule has 3 rings (SSSR count). The molecule has 1 fully saturated rings. The standard InChI is InChI=1S/C21H25ClN2O4S/c1-13(23-27-4)21-14(2)24(12-16-6-5-9-28-16)20(29-21)11-18(25)17-10-15(22)7-8-19(17)26-3/h7-8,10-11,16H,5-6,9,12H2,1-4H3/b20-11-,23-13+. The van der Waals surface area contributed by atoms with E-state index < -0.39 is 0 Å². The maximum Gasteiger partial charge on any atom is 0.192 e. The van der Waals surface area contributed by atoms with Gasteiger partial charge in [-0.2, -0.15) is 0 Å². The number of thioether (sulfide) groups is 1. The van der Waals surface area contributed by atoms with Crippen LogP contribution in [0.2, 0.25) is 5.02 Å². The molecule has 0 radical (unpaired) electrons. The molecule has 1 saturated heterocycles. The van der Waals surface area contributed by atoms with Gasteiger partial charge in [-0.25, -0.2) is 0 Å². The highest BCUT2D eigenvalue weighted by Crippen LogP contribution is 2.42. The highest BCUT2D eigenvalue weighted by atomic mass is 35.5. The van der Waals surface area contributed by atoms with Crippen LogP contribution in [0.5, 0.6) is 5.75 Å². The molecule has 6 nitrogen and oxygen atoms in total. The molecular weight excluding hydrogens is 412 g/mol. The number of ketones is 1. The van der Waals surface area contributed by atoms with Gasteiger partial charge in [0.05, 0.1) is 34.4 Å². The molecule has 0 saturated carbocycles. The molecule has 0 bridgehead atoms. The van der Waals surface area contributed by atoms with Crippen LogP contribution < -0.4 is 4.74 Å². The highest BCUT2D eigenvalue weighted by Gasteiger charge is 2.31. The molecule has 2 aliphatic rings. The van der Waals surface area contributed by atoms with Crippen molar-refractivity contribution < 1.29 is 19.1 Å². The molecule has 0 spiro atoms. The Balaban J connectivity index is 1.94. The normalized spacial score (nSPS) is 21.3. The molecule has 8 heteroatoms. The Morgan fingerprint density at radius 1 is 1.45 bits per heavy atom. The molecule has 0 N–H and O–H groups in total. The van der Waals surface area contributed by atoms with Crippen molar-refractivity contribution in [2.75, 3.05) is 27.4 Å². The fourth-order valence-electron chi connectivity index (χ4n) is 3.42. The van der Waals surface area contributed by atoms with Crippen molar-refractivity contribution in [1.29, 1.82) is 0 Å². The molecule has 1 aromatic carbocycles. The Labute approximate surface area is 180 Å². The lowest BCUT2D eigenvalue weighted by atomic mass is 10.1. The van der Waals surface area contributed by atoms with Crippen molar-refractivity contribution in [3.63, 3.8) is 0 Å². The van der Waals surface area contributed by atoms with Gasteiger partial charge in [-0.15, -0.1) is 0 Å². The number of rotatable bonds is 7.